The number of nitrogens with one attached hydrogen (secondary N) is 1. The van der Waals surface area contributed by atoms with Crippen LogP contribution in [-0.4, -0.2) is 35.2 Å². The second kappa shape index (κ2) is 4.09. The van der Waals surface area contributed by atoms with Crippen molar-refractivity contribution in [3.05, 3.63) is 11.8 Å². The first kappa shape index (κ1) is 12.7. The van der Waals surface area contributed by atoms with Crippen LogP contribution in [0.25, 0.3) is 0 Å². The Morgan fingerprint density at radius 1 is 1.53 bits per heavy atom. The molecule has 2 fully saturated rings. The number of amides is 1. The van der Waals surface area contributed by atoms with Crippen LogP contribution in [0.3, 0.4) is 0 Å². The van der Waals surface area contributed by atoms with Crippen molar-refractivity contribution in [3.63, 3.8) is 0 Å². The Kier molecular flexibility index (Phi) is 2.73. The summed E-state index contributed by atoms with van der Waals surface area (Å²) in [6.07, 6.45) is 4.19. The molecule has 1 amide bonds. The van der Waals surface area contributed by atoms with Gasteiger partial charge in [0.05, 0.1) is 0 Å². The van der Waals surface area contributed by atoms with Gasteiger partial charge < -0.3 is 10.2 Å². The van der Waals surface area contributed by atoms with E-state index in [4.69, 9.17) is 0 Å². The van der Waals surface area contributed by atoms with E-state index in [1.165, 1.54) is 0 Å². The average Bonchev–Trinajstić information content (AvgIpc) is 2.73. The van der Waals surface area contributed by atoms with Crippen LogP contribution in [0.2, 0.25) is 0 Å². The van der Waals surface area contributed by atoms with Crippen molar-refractivity contribution >= 4 is 11.7 Å². The number of hydrogen-bond acceptors (Lipinski definition) is 3. The maximum absolute atomic E-state index is 12.7. The van der Waals surface area contributed by atoms with E-state index in [1.54, 1.807) is 6.92 Å². The zero-order valence-electron chi connectivity index (χ0n) is 11.9. The van der Waals surface area contributed by atoms with E-state index >= 15 is 0 Å². The van der Waals surface area contributed by atoms with Crippen LogP contribution in [0.15, 0.2) is 11.8 Å². The minimum absolute atomic E-state index is 0.0989. The molecule has 1 aliphatic carbocycles. The fourth-order valence-electron chi connectivity index (χ4n) is 4.68. The van der Waals surface area contributed by atoms with Gasteiger partial charge in [0.25, 0.3) is 0 Å². The zero-order valence-corrected chi connectivity index (χ0v) is 11.9. The van der Waals surface area contributed by atoms with Crippen molar-refractivity contribution in [2.24, 2.45) is 17.8 Å². The van der Waals surface area contributed by atoms with Crippen molar-refractivity contribution in [2.45, 2.75) is 39.2 Å². The number of Topliss-reactive ketones (excluding diaryl/α,β-unsaturated/α-hetero) is 1. The summed E-state index contributed by atoms with van der Waals surface area (Å²) < 4.78 is 0. The summed E-state index contributed by atoms with van der Waals surface area (Å²) in [5, 5.41) is 2.99. The lowest BCUT2D eigenvalue weighted by Gasteiger charge is -2.62. The third-order valence-electron chi connectivity index (χ3n) is 5.33. The van der Waals surface area contributed by atoms with Crippen molar-refractivity contribution in [3.8, 4) is 0 Å². The van der Waals surface area contributed by atoms with Gasteiger partial charge in [-0.3, -0.25) is 9.59 Å². The fourth-order valence-corrected chi connectivity index (χ4v) is 4.68. The fraction of sp³-hybridized carbons (Fsp3) is 0.733. The third kappa shape index (κ3) is 1.35. The Bertz CT molecular complexity index is 471. The minimum Gasteiger partial charge on any atom is -0.362 e. The van der Waals surface area contributed by atoms with Crippen LogP contribution in [-0.2, 0) is 9.59 Å². The highest BCUT2D eigenvalue weighted by molar-refractivity contribution is 6.00. The van der Waals surface area contributed by atoms with Crippen LogP contribution < -0.4 is 5.32 Å². The molecule has 4 heteroatoms. The van der Waals surface area contributed by atoms with Crippen molar-refractivity contribution < 1.29 is 9.59 Å². The Balaban J connectivity index is 2.03. The predicted octanol–water partition coefficient (Wildman–Crippen LogP) is 1.33. The molecule has 4 nitrogen and oxygen atoms in total. The molecule has 0 aromatic rings. The third-order valence-corrected chi connectivity index (χ3v) is 5.33. The molecule has 4 atom stereocenters. The predicted molar refractivity (Wildman–Crippen MR) is 72.3 cm³/mol. The molecule has 1 unspecified atom stereocenters. The standard InChI is InChI=1S/C15H22N2O2/c1-4-16-14(19)15-12-6-5-7-17(15)8-11(10(3)18)13(15)9(12)2/h8-9,12-13H,4-7H2,1-3H3,(H,16,19)/t9?,12-,13-,15-/m1/s1. The molecule has 3 rings (SSSR count). The summed E-state index contributed by atoms with van der Waals surface area (Å²) in [5.74, 6) is 1.17. The van der Waals surface area contributed by atoms with Gasteiger partial charge in [-0.2, -0.15) is 0 Å². The molecule has 3 aliphatic rings. The SMILES string of the molecule is CCNC(=O)[C@]12[C@@H]3CCCN1C=C(C(C)=O)[C@H]2C3C. The molecule has 2 heterocycles. The number of carbonyl (C=O) groups is 2. The zero-order chi connectivity index (χ0) is 13.8. The lowest BCUT2D eigenvalue weighted by molar-refractivity contribution is -0.166. The largest absolute Gasteiger partial charge is 0.362 e. The van der Waals surface area contributed by atoms with Gasteiger partial charge in [-0.1, -0.05) is 6.92 Å². The number of piperidine rings is 1. The first-order valence-electron chi connectivity index (χ1n) is 7.32. The Morgan fingerprint density at radius 2 is 2.26 bits per heavy atom. The topological polar surface area (TPSA) is 49.4 Å². The molecule has 0 radical (unpaired) electrons. The number of likely N-dealkylation sites (N-methyl/N-ethyl adjacent to an activating group) is 1. The maximum atomic E-state index is 12.7. The van der Waals surface area contributed by atoms with Crippen LogP contribution in [0.5, 0.6) is 0 Å². The van der Waals surface area contributed by atoms with Crippen LogP contribution >= 0.6 is 0 Å². The molecule has 0 bridgehead atoms. The molecule has 104 valence electrons. The molecule has 1 saturated carbocycles. The van der Waals surface area contributed by atoms with E-state index in [1.807, 2.05) is 13.1 Å². The van der Waals surface area contributed by atoms with E-state index in [0.717, 1.165) is 25.0 Å². The van der Waals surface area contributed by atoms with E-state index in [9.17, 15) is 9.59 Å². The molecule has 0 aromatic carbocycles. The highest BCUT2D eigenvalue weighted by Gasteiger charge is 2.71. The lowest BCUT2D eigenvalue weighted by Crippen LogP contribution is -2.75. The van der Waals surface area contributed by atoms with Crippen molar-refractivity contribution in [1.29, 1.82) is 0 Å². The number of nitrogens with zero attached hydrogens (tertiary/aromatic N) is 1. The highest BCUT2D eigenvalue weighted by Crippen LogP contribution is 2.62. The van der Waals surface area contributed by atoms with Gasteiger partial charge in [0.15, 0.2) is 5.78 Å². The van der Waals surface area contributed by atoms with Gasteiger partial charge in [-0.15, -0.1) is 0 Å². The summed E-state index contributed by atoms with van der Waals surface area (Å²) in [6.45, 7) is 7.31. The lowest BCUT2D eigenvalue weighted by atomic mass is 9.48. The van der Waals surface area contributed by atoms with Gasteiger partial charge in [0, 0.05) is 30.8 Å². The molecular formula is C15H22N2O2. The summed E-state index contributed by atoms with van der Waals surface area (Å²) in [7, 11) is 0. The smallest absolute Gasteiger partial charge is 0.246 e. The molecule has 19 heavy (non-hydrogen) atoms. The normalized spacial score (nSPS) is 39.2. The summed E-state index contributed by atoms with van der Waals surface area (Å²) >= 11 is 0. The molecule has 0 aromatic heterocycles. The molecule has 1 N–H and O–H groups in total. The van der Waals surface area contributed by atoms with E-state index in [-0.39, 0.29) is 17.6 Å². The first-order valence-corrected chi connectivity index (χ1v) is 7.32. The Hall–Kier alpha value is -1.32. The van der Waals surface area contributed by atoms with Gasteiger partial charge in [0.2, 0.25) is 5.91 Å². The van der Waals surface area contributed by atoms with E-state index < -0.39 is 5.54 Å². The van der Waals surface area contributed by atoms with Crippen LogP contribution in [0.1, 0.15) is 33.6 Å². The highest BCUT2D eigenvalue weighted by atomic mass is 16.2. The number of hydrogen-bond donors (Lipinski definition) is 1. The second-order valence-electron chi connectivity index (χ2n) is 6.10. The average molecular weight is 262 g/mol. The van der Waals surface area contributed by atoms with Crippen molar-refractivity contribution in [1.82, 2.24) is 10.2 Å². The van der Waals surface area contributed by atoms with Crippen LogP contribution in [0, 0.1) is 17.8 Å². The van der Waals surface area contributed by atoms with E-state index in [2.05, 4.69) is 17.1 Å². The summed E-state index contributed by atoms with van der Waals surface area (Å²) in [6, 6.07) is 0. The van der Waals surface area contributed by atoms with Crippen molar-refractivity contribution in [2.75, 3.05) is 13.1 Å². The molecule has 0 spiro atoms. The van der Waals surface area contributed by atoms with Gasteiger partial charge in [-0.25, -0.2) is 0 Å². The summed E-state index contributed by atoms with van der Waals surface area (Å²) in [5.41, 5.74) is 0.409. The molecular weight excluding hydrogens is 240 g/mol. The quantitative estimate of drug-likeness (QED) is 0.834. The maximum Gasteiger partial charge on any atom is 0.246 e. The Morgan fingerprint density at radius 3 is 2.89 bits per heavy atom. The minimum atomic E-state index is -0.450. The van der Waals surface area contributed by atoms with Gasteiger partial charge in [0.1, 0.15) is 5.54 Å². The Labute approximate surface area is 114 Å². The molecule has 1 saturated heterocycles. The summed E-state index contributed by atoms with van der Waals surface area (Å²) in [4.78, 5) is 26.7. The first-order chi connectivity index (χ1) is 9.05. The number of rotatable bonds is 3. The number of ketones is 1. The second-order valence-corrected chi connectivity index (χ2v) is 6.10. The van der Waals surface area contributed by atoms with Gasteiger partial charge >= 0.3 is 0 Å². The van der Waals surface area contributed by atoms with Gasteiger partial charge in [-0.05, 0) is 38.5 Å². The van der Waals surface area contributed by atoms with Crippen LogP contribution in [0.4, 0.5) is 0 Å². The number of carbonyl (C=O) groups excluding carboxylic acids is 2. The van der Waals surface area contributed by atoms with E-state index in [0.29, 0.717) is 18.4 Å². The molecule has 2 aliphatic heterocycles. The monoisotopic (exact) mass is 262 g/mol.